The fraction of sp³-hybridized carbons (Fsp3) is 1.00. The van der Waals surface area contributed by atoms with Crippen molar-refractivity contribution in [2.24, 2.45) is 0 Å². The Hall–Kier alpha value is -0.220. The first-order chi connectivity index (χ1) is 6.63. The van der Waals surface area contributed by atoms with Gasteiger partial charge in [-0.25, -0.2) is 9.13 Å². The lowest BCUT2D eigenvalue weighted by atomic mass is 10.3. The van der Waals surface area contributed by atoms with E-state index in [2.05, 4.69) is 0 Å². The lowest BCUT2D eigenvalue weighted by Gasteiger charge is -2.14. The number of hydrogen-bond donors (Lipinski definition) is 2. The second-order valence-corrected chi connectivity index (χ2v) is 4.08. The fourth-order valence-electron chi connectivity index (χ4n) is 0.959. The Morgan fingerprint density at radius 1 is 1.36 bits per heavy atom. The number of ether oxygens (including phenoxy) is 1. The van der Waals surface area contributed by atoms with Gasteiger partial charge in [0.05, 0.1) is 6.61 Å². The molecule has 6 heteroatoms. The molecular weight excluding hydrogens is 207 g/mol. The topological polar surface area (TPSA) is 83.8 Å². The summed E-state index contributed by atoms with van der Waals surface area (Å²) in [5.74, 6) is -1.29. The summed E-state index contributed by atoms with van der Waals surface area (Å²) in [5.41, 5.74) is 0. The lowest BCUT2D eigenvalue weighted by Crippen LogP contribution is -2.28. The number of aliphatic hydroxyl groups is 2. The smallest absolute Gasteiger partial charge is 0.348 e. The largest absolute Gasteiger partial charge is 0.394 e. The van der Waals surface area contributed by atoms with Crippen LogP contribution in [0.5, 0.6) is 0 Å². The van der Waals surface area contributed by atoms with Gasteiger partial charge in [-0.2, -0.15) is 0 Å². The third-order valence-electron chi connectivity index (χ3n) is 1.76. The van der Waals surface area contributed by atoms with Crippen LogP contribution in [0.1, 0.15) is 26.2 Å². The third kappa shape index (κ3) is 5.50. The van der Waals surface area contributed by atoms with Gasteiger partial charge in [-0.1, -0.05) is 19.8 Å². The molecule has 0 aromatic rings. The molecule has 0 spiro atoms. The van der Waals surface area contributed by atoms with Crippen LogP contribution in [0.3, 0.4) is 0 Å². The summed E-state index contributed by atoms with van der Waals surface area (Å²) in [4.78, 5) is 0. The molecule has 5 nitrogen and oxygen atoms in total. The predicted octanol–water partition coefficient (Wildman–Crippen LogP) is 1.05. The highest BCUT2D eigenvalue weighted by Gasteiger charge is 2.24. The number of rotatable bonds is 8. The Kier molecular flexibility index (Phi) is 7.99. The first kappa shape index (κ1) is 13.8. The molecule has 0 bridgehead atoms. The van der Waals surface area contributed by atoms with E-state index in [0.29, 0.717) is 6.61 Å². The Balaban J connectivity index is 3.86. The van der Waals surface area contributed by atoms with Crippen molar-refractivity contribution < 1.29 is 24.1 Å². The highest BCUT2D eigenvalue weighted by atomic mass is 31.1. The monoisotopic (exact) mass is 224 g/mol. The van der Waals surface area contributed by atoms with Crippen LogP contribution in [-0.2, 0) is 13.9 Å². The molecule has 0 fully saturated rings. The van der Waals surface area contributed by atoms with Gasteiger partial charge >= 0.3 is 7.68 Å². The zero-order valence-corrected chi connectivity index (χ0v) is 9.15. The van der Waals surface area contributed by atoms with Crippen molar-refractivity contribution >= 4 is 7.68 Å². The van der Waals surface area contributed by atoms with E-state index in [4.69, 9.17) is 14.9 Å². The van der Waals surface area contributed by atoms with Gasteiger partial charge in [-0.15, -0.1) is 0 Å². The summed E-state index contributed by atoms with van der Waals surface area (Å²) in [5, 5.41) is 17.6. The molecule has 0 heterocycles. The van der Waals surface area contributed by atoms with Crippen LogP contribution in [0.25, 0.3) is 0 Å². The van der Waals surface area contributed by atoms with Gasteiger partial charge < -0.3 is 14.9 Å². The van der Waals surface area contributed by atoms with Crippen molar-refractivity contribution in [2.75, 3.05) is 13.2 Å². The van der Waals surface area contributed by atoms with Gasteiger partial charge in [0, 0.05) is 6.61 Å². The van der Waals surface area contributed by atoms with Gasteiger partial charge in [0.2, 0.25) is 0 Å². The van der Waals surface area contributed by atoms with Crippen LogP contribution in [0.4, 0.5) is 0 Å². The minimum atomic E-state index is -2.86. The Labute approximate surface area is 83.9 Å². The first-order valence-electron chi connectivity index (χ1n) is 4.67. The highest BCUT2D eigenvalue weighted by Crippen LogP contribution is 2.20. The molecule has 0 amide bonds. The van der Waals surface area contributed by atoms with Gasteiger partial charge in [-0.05, 0) is 6.42 Å². The van der Waals surface area contributed by atoms with Crippen LogP contribution < -0.4 is 0 Å². The van der Waals surface area contributed by atoms with E-state index < -0.39 is 26.2 Å². The van der Waals surface area contributed by atoms with Crippen LogP contribution in [-0.4, -0.2) is 35.4 Å². The van der Waals surface area contributed by atoms with E-state index in [9.17, 15) is 9.13 Å². The molecule has 0 aliphatic rings. The zero-order chi connectivity index (χ0) is 11.0. The van der Waals surface area contributed by atoms with Crippen molar-refractivity contribution in [1.29, 1.82) is 0 Å². The summed E-state index contributed by atoms with van der Waals surface area (Å²) >= 11 is 0. The minimum Gasteiger partial charge on any atom is -0.394 e. The maximum atomic E-state index is 10.6. The molecule has 2 N–H and O–H groups in total. The van der Waals surface area contributed by atoms with E-state index in [1.54, 1.807) is 0 Å². The van der Waals surface area contributed by atoms with Crippen molar-refractivity contribution in [2.45, 2.75) is 38.1 Å². The van der Waals surface area contributed by atoms with E-state index in [1.807, 2.05) is 6.92 Å². The van der Waals surface area contributed by atoms with Crippen molar-refractivity contribution in [3.8, 4) is 0 Å². The molecule has 0 aromatic carbocycles. The molecule has 2 unspecified atom stereocenters. The summed E-state index contributed by atoms with van der Waals surface area (Å²) in [7, 11) is -2.86. The minimum absolute atomic E-state index is 0.291. The number of aliphatic hydroxyl groups excluding tert-OH is 2. The average Bonchev–Trinajstić information content (AvgIpc) is 2.16. The molecule has 0 saturated heterocycles. The highest BCUT2D eigenvalue weighted by molar-refractivity contribution is 7.31. The number of hydrogen-bond acceptors (Lipinski definition) is 5. The SMILES string of the molecule is CCCCCOC(C(O)CO)P(=O)=O. The summed E-state index contributed by atoms with van der Waals surface area (Å²) < 4.78 is 26.2. The predicted molar refractivity (Wildman–Crippen MR) is 50.7 cm³/mol. The molecule has 0 radical (unpaired) electrons. The Bertz CT molecular complexity index is 196. The normalized spacial score (nSPS) is 15.1. The molecule has 2 atom stereocenters. The third-order valence-corrected chi connectivity index (χ3v) is 2.67. The van der Waals surface area contributed by atoms with Crippen molar-refractivity contribution in [3.63, 3.8) is 0 Å². The van der Waals surface area contributed by atoms with Crippen molar-refractivity contribution in [1.82, 2.24) is 0 Å². The summed E-state index contributed by atoms with van der Waals surface area (Å²) in [6.07, 6.45) is 1.38. The van der Waals surface area contributed by atoms with Crippen LogP contribution in [0, 0.1) is 0 Å². The maximum absolute atomic E-state index is 10.6. The second-order valence-electron chi connectivity index (χ2n) is 3.00. The molecule has 0 aliphatic carbocycles. The van der Waals surface area contributed by atoms with Crippen LogP contribution >= 0.6 is 7.68 Å². The zero-order valence-electron chi connectivity index (χ0n) is 8.26. The molecule has 0 rings (SSSR count). The Morgan fingerprint density at radius 2 is 2.00 bits per heavy atom. The van der Waals surface area contributed by atoms with Crippen LogP contribution in [0.15, 0.2) is 0 Å². The molecule has 0 aromatic heterocycles. The molecule has 0 aliphatic heterocycles. The van der Waals surface area contributed by atoms with E-state index in [0.717, 1.165) is 19.3 Å². The molecule has 0 saturated carbocycles. The fourth-order valence-corrected chi connectivity index (χ4v) is 1.56. The molecule has 14 heavy (non-hydrogen) atoms. The first-order valence-corrected chi connectivity index (χ1v) is 5.92. The van der Waals surface area contributed by atoms with Gasteiger partial charge in [-0.3, -0.25) is 0 Å². The number of unbranched alkanes of at least 4 members (excludes halogenated alkanes) is 2. The quantitative estimate of drug-likeness (QED) is 0.475. The van der Waals surface area contributed by atoms with E-state index >= 15 is 0 Å². The second kappa shape index (κ2) is 8.12. The van der Waals surface area contributed by atoms with Gasteiger partial charge in [0.15, 0.2) is 5.85 Å². The van der Waals surface area contributed by atoms with E-state index in [1.165, 1.54) is 0 Å². The van der Waals surface area contributed by atoms with E-state index in [-0.39, 0.29) is 0 Å². The lowest BCUT2D eigenvalue weighted by molar-refractivity contribution is -0.0190. The molecular formula is C8H17O5P. The summed E-state index contributed by atoms with van der Waals surface area (Å²) in [6.45, 7) is 1.70. The van der Waals surface area contributed by atoms with Gasteiger partial charge in [0.25, 0.3) is 0 Å². The van der Waals surface area contributed by atoms with Gasteiger partial charge in [0.1, 0.15) is 6.10 Å². The Morgan fingerprint density at radius 3 is 2.43 bits per heavy atom. The summed E-state index contributed by atoms with van der Waals surface area (Å²) in [6, 6.07) is 0. The van der Waals surface area contributed by atoms with Crippen LogP contribution in [0.2, 0.25) is 0 Å². The maximum Gasteiger partial charge on any atom is 0.348 e. The standard InChI is InChI=1S/C8H17O5P/c1-2-3-4-5-13-8(14(11)12)7(10)6-9/h7-10H,2-6H2,1H3. The van der Waals surface area contributed by atoms with Crippen molar-refractivity contribution in [3.05, 3.63) is 0 Å². The average molecular weight is 224 g/mol. The molecule has 84 valence electrons.